The molecule has 0 bridgehead atoms. The second-order valence-electron chi connectivity index (χ2n) is 5.60. The highest BCUT2D eigenvalue weighted by Crippen LogP contribution is 2.15. The number of rotatable bonds is 6. The molecule has 1 aliphatic heterocycles. The average molecular weight is 293 g/mol. The van der Waals surface area contributed by atoms with E-state index in [1.807, 2.05) is 4.90 Å². The first-order chi connectivity index (χ1) is 10.0. The molecule has 1 aromatic carbocycles. The van der Waals surface area contributed by atoms with E-state index < -0.39 is 6.10 Å². The van der Waals surface area contributed by atoms with Crippen molar-refractivity contribution in [2.24, 2.45) is 0 Å². The smallest absolute Gasteiger partial charge is 0.159 e. The molecule has 1 aliphatic rings. The summed E-state index contributed by atoms with van der Waals surface area (Å²) in [6, 6.07) is 6.95. The normalized spacial score (nSPS) is 21.0. The highest BCUT2D eigenvalue weighted by Gasteiger charge is 2.20. The van der Waals surface area contributed by atoms with E-state index in [-0.39, 0.29) is 18.5 Å². The second-order valence-corrected chi connectivity index (χ2v) is 5.60. The zero-order valence-electron chi connectivity index (χ0n) is 12.4. The molecule has 0 saturated carbocycles. The average Bonchev–Trinajstić information content (AvgIpc) is 2.45. The van der Waals surface area contributed by atoms with Crippen molar-refractivity contribution >= 4 is 5.78 Å². The number of likely N-dealkylation sites (tertiary alicyclic amines) is 1. The molecule has 2 N–H and O–H groups in total. The van der Waals surface area contributed by atoms with Gasteiger partial charge in [-0.25, -0.2) is 0 Å². The SMILES string of the molecule is CC(=O)c1cccc(OC[C@@H](O)CN2CCC[C@H](O)C2)c1. The number of carbonyl (C=O) groups is 1. The molecule has 0 radical (unpaired) electrons. The molecule has 2 atom stereocenters. The summed E-state index contributed by atoms with van der Waals surface area (Å²) in [6.45, 7) is 3.68. The number of β-amino-alcohol motifs (C(OH)–C–C–N with tert-alkyl or cyclic N) is 2. The minimum atomic E-state index is -0.615. The lowest BCUT2D eigenvalue weighted by Crippen LogP contribution is -2.43. The number of aliphatic hydroxyl groups excluding tert-OH is 2. The minimum Gasteiger partial charge on any atom is -0.491 e. The minimum absolute atomic E-state index is 0.0108. The third-order valence-corrected chi connectivity index (χ3v) is 3.63. The molecule has 116 valence electrons. The Morgan fingerprint density at radius 3 is 3.05 bits per heavy atom. The molecule has 0 aromatic heterocycles. The third-order valence-electron chi connectivity index (χ3n) is 3.63. The maximum Gasteiger partial charge on any atom is 0.159 e. The van der Waals surface area contributed by atoms with Crippen LogP contribution in [0.4, 0.5) is 0 Å². The van der Waals surface area contributed by atoms with E-state index in [1.165, 1.54) is 6.92 Å². The third kappa shape index (κ3) is 5.12. The van der Waals surface area contributed by atoms with Crippen molar-refractivity contribution in [3.05, 3.63) is 29.8 Å². The fourth-order valence-electron chi connectivity index (χ4n) is 2.54. The van der Waals surface area contributed by atoms with Crippen LogP contribution in [0.25, 0.3) is 0 Å². The number of ether oxygens (including phenoxy) is 1. The molecule has 1 fully saturated rings. The van der Waals surface area contributed by atoms with Gasteiger partial charge < -0.3 is 14.9 Å². The van der Waals surface area contributed by atoms with Crippen molar-refractivity contribution in [2.75, 3.05) is 26.2 Å². The van der Waals surface area contributed by atoms with Gasteiger partial charge >= 0.3 is 0 Å². The molecule has 0 unspecified atom stereocenters. The Kier molecular flexibility index (Phi) is 5.73. The molecule has 1 heterocycles. The van der Waals surface area contributed by atoms with Crippen LogP contribution in [-0.4, -0.2) is 59.3 Å². The van der Waals surface area contributed by atoms with Gasteiger partial charge in [0.25, 0.3) is 0 Å². The predicted molar refractivity (Wildman–Crippen MR) is 79.6 cm³/mol. The van der Waals surface area contributed by atoms with Crippen molar-refractivity contribution in [2.45, 2.75) is 32.0 Å². The number of carbonyl (C=O) groups excluding carboxylic acids is 1. The van der Waals surface area contributed by atoms with E-state index in [1.54, 1.807) is 24.3 Å². The summed E-state index contributed by atoms with van der Waals surface area (Å²) in [5.41, 5.74) is 0.598. The Labute approximate surface area is 125 Å². The zero-order valence-corrected chi connectivity index (χ0v) is 12.4. The Morgan fingerprint density at radius 1 is 1.52 bits per heavy atom. The van der Waals surface area contributed by atoms with Gasteiger partial charge in [-0.1, -0.05) is 12.1 Å². The van der Waals surface area contributed by atoms with Gasteiger partial charge in [-0.05, 0) is 38.4 Å². The zero-order chi connectivity index (χ0) is 15.2. The van der Waals surface area contributed by atoms with Gasteiger partial charge in [-0.15, -0.1) is 0 Å². The van der Waals surface area contributed by atoms with Gasteiger partial charge in [-0.3, -0.25) is 9.69 Å². The number of nitrogens with zero attached hydrogens (tertiary/aromatic N) is 1. The highest BCUT2D eigenvalue weighted by molar-refractivity contribution is 5.94. The van der Waals surface area contributed by atoms with Gasteiger partial charge in [0.2, 0.25) is 0 Å². The van der Waals surface area contributed by atoms with Gasteiger partial charge in [-0.2, -0.15) is 0 Å². The first-order valence-electron chi connectivity index (χ1n) is 7.37. The summed E-state index contributed by atoms with van der Waals surface area (Å²) >= 11 is 0. The van der Waals surface area contributed by atoms with Gasteiger partial charge in [0.15, 0.2) is 5.78 Å². The molecule has 0 spiro atoms. The van der Waals surface area contributed by atoms with Crippen molar-refractivity contribution < 1.29 is 19.7 Å². The summed E-state index contributed by atoms with van der Waals surface area (Å²) in [5, 5.41) is 19.6. The summed E-state index contributed by atoms with van der Waals surface area (Å²) in [4.78, 5) is 13.3. The maximum absolute atomic E-state index is 11.3. The molecule has 5 nitrogen and oxygen atoms in total. The summed E-state index contributed by atoms with van der Waals surface area (Å²) < 4.78 is 5.54. The predicted octanol–water partition coefficient (Wildman–Crippen LogP) is 1.09. The number of piperidine rings is 1. The number of hydrogen-bond acceptors (Lipinski definition) is 5. The van der Waals surface area contributed by atoms with E-state index >= 15 is 0 Å². The fraction of sp³-hybridized carbons (Fsp3) is 0.562. The molecular formula is C16H23NO4. The number of hydrogen-bond donors (Lipinski definition) is 2. The lowest BCUT2D eigenvalue weighted by Gasteiger charge is -2.31. The van der Waals surface area contributed by atoms with Crippen molar-refractivity contribution in [3.63, 3.8) is 0 Å². The Balaban J connectivity index is 1.79. The summed E-state index contributed by atoms with van der Waals surface area (Å²) in [6.07, 6.45) is 0.881. The Morgan fingerprint density at radius 2 is 2.33 bits per heavy atom. The summed E-state index contributed by atoms with van der Waals surface area (Å²) in [5.74, 6) is 0.573. The number of benzene rings is 1. The van der Waals surface area contributed by atoms with Crippen LogP contribution in [0.3, 0.4) is 0 Å². The van der Waals surface area contributed by atoms with E-state index in [4.69, 9.17) is 4.74 Å². The first kappa shape index (κ1) is 15.9. The topological polar surface area (TPSA) is 70.0 Å². The van der Waals surface area contributed by atoms with Gasteiger partial charge in [0.1, 0.15) is 18.5 Å². The maximum atomic E-state index is 11.3. The van der Waals surface area contributed by atoms with Gasteiger partial charge in [0, 0.05) is 18.7 Å². The van der Waals surface area contributed by atoms with Crippen molar-refractivity contribution in [1.29, 1.82) is 0 Å². The molecular weight excluding hydrogens is 270 g/mol. The van der Waals surface area contributed by atoms with Crippen molar-refractivity contribution in [3.8, 4) is 5.75 Å². The molecule has 21 heavy (non-hydrogen) atoms. The van der Waals surface area contributed by atoms with Crippen LogP contribution in [0.5, 0.6) is 5.75 Å². The Bertz CT molecular complexity index is 477. The highest BCUT2D eigenvalue weighted by atomic mass is 16.5. The lowest BCUT2D eigenvalue weighted by molar-refractivity contribution is 0.0243. The van der Waals surface area contributed by atoms with Crippen LogP contribution in [0.2, 0.25) is 0 Å². The van der Waals surface area contributed by atoms with E-state index in [9.17, 15) is 15.0 Å². The number of ketones is 1. The number of Topliss-reactive ketones (excluding diaryl/α,β-unsaturated/α-hetero) is 1. The fourth-order valence-corrected chi connectivity index (χ4v) is 2.54. The van der Waals surface area contributed by atoms with E-state index in [0.717, 1.165) is 19.4 Å². The van der Waals surface area contributed by atoms with Crippen LogP contribution in [0, 0.1) is 0 Å². The van der Waals surface area contributed by atoms with Crippen LogP contribution in [0.1, 0.15) is 30.1 Å². The molecule has 5 heteroatoms. The molecule has 1 aromatic rings. The quantitative estimate of drug-likeness (QED) is 0.768. The van der Waals surface area contributed by atoms with Crippen LogP contribution in [0.15, 0.2) is 24.3 Å². The summed E-state index contributed by atoms with van der Waals surface area (Å²) in [7, 11) is 0. The molecule has 1 saturated heterocycles. The Hall–Kier alpha value is -1.43. The van der Waals surface area contributed by atoms with Crippen LogP contribution >= 0.6 is 0 Å². The standard InChI is InChI=1S/C16H23NO4/c1-12(18)13-4-2-6-16(8-13)21-11-15(20)10-17-7-3-5-14(19)9-17/h2,4,6,8,14-15,19-20H,3,5,7,9-11H2,1H3/t14-,15-/m0/s1. The van der Waals surface area contributed by atoms with Gasteiger partial charge in [0.05, 0.1) is 6.10 Å². The lowest BCUT2D eigenvalue weighted by atomic mass is 10.1. The monoisotopic (exact) mass is 293 g/mol. The molecule has 0 amide bonds. The molecule has 0 aliphatic carbocycles. The second kappa shape index (κ2) is 7.54. The van der Waals surface area contributed by atoms with E-state index in [0.29, 0.717) is 24.4 Å². The van der Waals surface area contributed by atoms with Crippen LogP contribution < -0.4 is 4.74 Å². The largest absolute Gasteiger partial charge is 0.491 e. The van der Waals surface area contributed by atoms with Crippen LogP contribution in [-0.2, 0) is 0 Å². The molecule has 2 rings (SSSR count). The van der Waals surface area contributed by atoms with Crippen molar-refractivity contribution in [1.82, 2.24) is 4.90 Å². The first-order valence-corrected chi connectivity index (χ1v) is 7.37. The number of aliphatic hydroxyl groups is 2. The van der Waals surface area contributed by atoms with E-state index in [2.05, 4.69) is 0 Å².